The minimum absolute atomic E-state index is 0.102. The van der Waals surface area contributed by atoms with Gasteiger partial charge in [0.2, 0.25) is 0 Å². The summed E-state index contributed by atoms with van der Waals surface area (Å²) >= 11 is 0. The topological polar surface area (TPSA) is 71.7 Å². The molecule has 0 atom stereocenters. The highest BCUT2D eigenvalue weighted by molar-refractivity contribution is 6.02. The number of nitrogens with zero attached hydrogens (tertiary/aromatic N) is 1. The standard InChI is InChI=1S/C22H20FNO4/c1-24-16-6-15(23)7-17(25)19(16)18(12-2-4-13(5-3-12)21(26)27)20(24)14-8-22(9-14)10-28-11-22/h2-7,14,25H,8-11H2,1H3,(H,26,27). The van der Waals surface area contributed by atoms with Crippen molar-refractivity contribution in [2.75, 3.05) is 13.2 Å². The van der Waals surface area contributed by atoms with E-state index in [4.69, 9.17) is 4.74 Å². The molecular weight excluding hydrogens is 361 g/mol. The SMILES string of the molecule is Cn1c(C2CC3(COC3)C2)c(-c2ccc(C(=O)O)cc2)c2c(O)cc(F)cc21. The van der Waals surface area contributed by atoms with Gasteiger partial charge in [-0.05, 0) is 36.6 Å². The molecule has 144 valence electrons. The lowest BCUT2D eigenvalue weighted by molar-refractivity contribution is -0.165. The van der Waals surface area contributed by atoms with Crippen LogP contribution < -0.4 is 0 Å². The monoisotopic (exact) mass is 381 g/mol. The van der Waals surface area contributed by atoms with Gasteiger partial charge in [0.15, 0.2) is 0 Å². The first kappa shape index (κ1) is 17.3. The lowest BCUT2D eigenvalue weighted by atomic mass is 9.59. The van der Waals surface area contributed by atoms with Crippen molar-refractivity contribution < 1.29 is 24.1 Å². The Kier molecular flexibility index (Phi) is 3.58. The summed E-state index contributed by atoms with van der Waals surface area (Å²) in [6.07, 6.45) is 2.00. The van der Waals surface area contributed by atoms with E-state index in [1.54, 1.807) is 24.3 Å². The molecule has 0 radical (unpaired) electrons. The molecule has 1 aliphatic carbocycles. The third-order valence-corrected chi connectivity index (χ3v) is 6.27. The van der Waals surface area contributed by atoms with Crippen LogP contribution in [0.15, 0.2) is 36.4 Å². The summed E-state index contributed by atoms with van der Waals surface area (Å²) in [5, 5.41) is 20.3. The molecule has 0 amide bonds. The number of phenols is 1. The minimum atomic E-state index is -0.986. The van der Waals surface area contributed by atoms with Crippen molar-refractivity contribution in [3.8, 4) is 16.9 Å². The number of ether oxygens (including phenoxy) is 1. The Balaban J connectivity index is 1.71. The van der Waals surface area contributed by atoms with Crippen LogP contribution in [0.1, 0.15) is 34.8 Å². The van der Waals surface area contributed by atoms with Crippen molar-refractivity contribution >= 4 is 16.9 Å². The van der Waals surface area contributed by atoms with E-state index in [1.165, 1.54) is 6.07 Å². The van der Waals surface area contributed by atoms with Gasteiger partial charge in [-0.15, -0.1) is 0 Å². The molecule has 1 saturated heterocycles. The van der Waals surface area contributed by atoms with Crippen LogP contribution in [-0.4, -0.2) is 34.0 Å². The third kappa shape index (κ3) is 2.37. The van der Waals surface area contributed by atoms with Gasteiger partial charge in [0.05, 0.1) is 24.3 Å². The zero-order valence-corrected chi connectivity index (χ0v) is 15.4. The predicted octanol–water partition coefficient (Wildman–Crippen LogP) is 4.28. The summed E-state index contributed by atoms with van der Waals surface area (Å²) < 4.78 is 21.3. The summed E-state index contributed by atoms with van der Waals surface area (Å²) in [6.45, 7) is 1.58. The highest BCUT2D eigenvalue weighted by Gasteiger charge is 2.51. The molecule has 2 heterocycles. The van der Waals surface area contributed by atoms with Crippen molar-refractivity contribution in [3.63, 3.8) is 0 Å². The number of aromatic carboxylic acids is 1. The second-order valence-electron chi connectivity index (χ2n) is 8.12. The average molecular weight is 381 g/mol. The number of halogens is 1. The number of aryl methyl sites for hydroxylation is 1. The van der Waals surface area contributed by atoms with Crippen LogP contribution in [0.5, 0.6) is 5.75 Å². The van der Waals surface area contributed by atoms with E-state index in [0.717, 1.165) is 48.9 Å². The fourth-order valence-electron chi connectivity index (χ4n) is 4.88. The smallest absolute Gasteiger partial charge is 0.335 e. The highest BCUT2D eigenvalue weighted by atomic mass is 19.1. The molecule has 2 aliphatic rings. The molecule has 0 unspecified atom stereocenters. The van der Waals surface area contributed by atoms with Gasteiger partial charge in [-0.25, -0.2) is 9.18 Å². The molecule has 0 bridgehead atoms. The van der Waals surface area contributed by atoms with Gasteiger partial charge in [0.1, 0.15) is 11.6 Å². The summed E-state index contributed by atoms with van der Waals surface area (Å²) in [6, 6.07) is 9.19. The zero-order valence-electron chi connectivity index (χ0n) is 15.4. The molecule has 3 aromatic rings. The Hall–Kier alpha value is -2.86. The third-order valence-electron chi connectivity index (χ3n) is 6.27. The lowest BCUT2D eigenvalue weighted by Gasteiger charge is -2.53. The molecular formula is C22H20FNO4. The first-order valence-corrected chi connectivity index (χ1v) is 9.31. The van der Waals surface area contributed by atoms with Crippen LogP contribution in [-0.2, 0) is 11.8 Å². The number of carboxylic acids is 1. The molecule has 2 fully saturated rings. The van der Waals surface area contributed by atoms with Crippen molar-refractivity contribution in [1.82, 2.24) is 4.57 Å². The maximum atomic E-state index is 14.0. The lowest BCUT2D eigenvalue weighted by Crippen LogP contribution is -2.51. The van der Waals surface area contributed by atoms with Gasteiger partial charge in [-0.3, -0.25) is 0 Å². The fourth-order valence-corrected chi connectivity index (χ4v) is 4.88. The first-order chi connectivity index (χ1) is 13.4. The maximum Gasteiger partial charge on any atom is 0.335 e. The normalized spacial score (nSPS) is 18.2. The average Bonchev–Trinajstić information content (AvgIpc) is 2.86. The largest absolute Gasteiger partial charge is 0.507 e. The number of aromatic nitrogens is 1. The molecule has 1 aromatic heterocycles. The number of phenolic OH excluding ortho intramolecular Hbond substituents is 1. The molecule has 6 heteroatoms. The number of fused-ring (bicyclic) bond motifs is 1. The minimum Gasteiger partial charge on any atom is -0.507 e. The van der Waals surface area contributed by atoms with Gasteiger partial charge in [0, 0.05) is 41.1 Å². The Morgan fingerprint density at radius 2 is 1.89 bits per heavy atom. The van der Waals surface area contributed by atoms with Crippen LogP contribution in [0, 0.1) is 11.2 Å². The van der Waals surface area contributed by atoms with Crippen molar-refractivity contribution in [1.29, 1.82) is 0 Å². The van der Waals surface area contributed by atoms with Gasteiger partial charge >= 0.3 is 5.97 Å². The fraction of sp³-hybridized carbons (Fsp3) is 0.318. The molecule has 5 rings (SSSR count). The number of benzene rings is 2. The molecule has 28 heavy (non-hydrogen) atoms. The maximum absolute atomic E-state index is 14.0. The Labute approximate surface area is 161 Å². The van der Waals surface area contributed by atoms with Crippen LogP contribution >= 0.6 is 0 Å². The van der Waals surface area contributed by atoms with E-state index < -0.39 is 11.8 Å². The van der Waals surface area contributed by atoms with E-state index >= 15 is 0 Å². The van der Waals surface area contributed by atoms with Crippen LogP contribution in [0.4, 0.5) is 4.39 Å². The summed E-state index contributed by atoms with van der Waals surface area (Å²) in [5.41, 5.74) is 3.83. The molecule has 1 saturated carbocycles. The van der Waals surface area contributed by atoms with E-state index in [0.29, 0.717) is 10.9 Å². The Morgan fingerprint density at radius 1 is 1.21 bits per heavy atom. The van der Waals surface area contributed by atoms with Gasteiger partial charge in [-0.2, -0.15) is 0 Å². The molecule has 1 spiro atoms. The van der Waals surface area contributed by atoms with Gasteiger partial charge in [0.25, 0.3) is 0 Å². The summed E-state index contributed by atoms with van der Waals surface area (Å²) in [7, 11) is 1.90. The summed E-state index contributed by atoms with van der Waals surface area (Å²) in [4.78, 5) is 11.2. The molecule has 5 nitrogen and oxygen atoms in total. The van der Waals surface area contributed by atoms with Crippen LogP contribution in [0.2, 0.25) is 0 Å². The summed E-state index contributed by atoms with van der Waals surface area (Å²) in [5.74, 6) is -1.28. The van der Waals surface area contributed by atoms with E-state index in [9.17, 15) is 19.4 Å². The second-order valence-corrected chi connectivity index (χ2v) is 8.12. The van der Waals surface area contributed by atoms with E-state index in [2.05, 4.69) is 0 Å². The Morgan fingerprint density at radius 3 is 2.46 bits per heavy atom. The van der Waals surface area contributed by atoms with Gasteiger partial charge < -0.3 is 19.5 Å². The molecule has 2 N–H and O–H groups in total. The van der Waals surface area contributed by atoms with E-state index in [-0.39, 0.29) is 22.6 Å². The highest BCUT2D eigenvalue weighted by Crippen LogP contribution is 2.58. The second kappa shape index (κ2) is 5.82. The van der Waals surface area contributed by atoms with Crippen molar-refractivity contribution in [2.24, 2.45) is 12.5 Å². The number of aromatic hydroxyl groups is 1. The number of hydrogen-bond acceptors (Lipinski definition) is 3. The quantitative estimate of drug-likeness (QED) is 0.710. The Bertz CT molecular complexity index is 1100. The van der Waals surface area contributed by atoms with E-state index in [1.807, 2.05) is 11.6 Å². The van der Waals surface area contributed by atoms with Gasteiger partial charge in [-0.1, -0.05) is 12.1 Å². The molecule has 2 aromatic carbocycles. The van der Waals surface area contributed by atoms with Crippen LogP contribution in [0.3, 0.4) is 0 Å². The number of rotatable bonds is 3. The molecule has 1 aliphatic heterocycles. The van der Waals surface area contributed by atoms with Crippen molar-refractivity contribution in [3.05, 3.63) is 53.5 Å². The first-order valence-electron chi connectivity index (χ1n) is 9.31. The number of carboxylic acid groups (broad SMARTS) is 1. The van der Waals surface area contributed by atoms with Crippen LogP contribution in [0.25, 0.3) is 22.0 Å². The number of hydrogen-bond donors (Lipinski definition) is 2. The number of carbonyl (C=O) groups is 1. The van der Waals surface area contributed by atoms with Crippen molar-refractivity contribution in [2.45, 2.75) is 18.8 Å². The predicted molar refractivity (Wildman–Crippen MR) is 102 cm³/mol. The zero-order chi connectivity index (χ0) is 19.6.